The molecular formula is C10H10N2S2. The van der Waals surface area contributed by atoms with Crippen LogP contribution in [0.4, 0.5) is 0 Å². The van der Waals surface area contributed by atoms with E-state index in [0.717, 1.165) is 17.9 Å². The number of aryl methyl sites for hydroxylation is 1. The van der Waals surface area contributed by atoms with E-state index in [9.17, 15) is 0 Å². The quantitative estimate of drug-likeness (QED) is 0.789. The summed E-state index contributed by atoms with van der Waals surface area (Å²) in [6.07, 6.45) is 0.877. The normalized spacial score (nSPS) is 10.4. The smallest absolute Gasteiger partial charge is 0.130 e. The molecule has 0 radical (unpaired) electrons. The first-order valence-electron chi connectivity index (χ1n) is 4.42. The topological polar surface area (TPSA) is 28.7 Å². The number of H-pyrrole nitrogens is 1. The van der Waals surface area contributed by atoms with E-state index < -0.39 is 0 Å². The second-order valence-electron chi connectivity index (χ2n) is 2.95. The SMILES string of the molecule is CCc1nc(=S)cc(-c2ccsc2)[nH]1. The standard InChI is InChI=1S/C10H10N2S2/c1-2-9-11-8(5-10(13)12-9)7-3-4-14-6-7/h3-6H,2H2,1H3,(H,11,12,13). The molecular weight excluding hydrogens is 212 g/mol. The number of nitrogens with zero attached hydrogens (tertiary/aromatic N) is 1. The molecule has 2 aromatic heterocycles. The molecule has 0 aromatic carbocycles. The van der Waals surface area contributed by atoms with E-state index in [1.807, 2.05) is 6.07 Å². The lowest BCUT2D eigenvalue weighted by atomic mass is 10.2. The van der Waals surface area contributed by atoms with E-state index in [1.165, 1.54) is 5.56 Å². The number of aromatic nitrogens is 2. The predicted molar refractivity (Wildman–Crippen MR) is 62.1 cm³/mol. The molecule has 2 nitrogen and oxygen atoms in total. The van der Waals surface area contributed by atoms with Gasteiger partial charge in [-0.15, -0.1) is 0 Å². The van der Waals surface area contributed by atoms with E-state index >= 15 is 0 Å². The highest BCUT2D eigenvalue weighted by Crippen LogP contribution is 2.19. The second kappa shape index (κ2) is 4.02. The zero-order valence-electron chi connectivity index (χ0n) is 7.78. The Hall–Kier alpha value is -1.00. The van der Waals surface area contributed by atoms with E-state index in [0.29, 0.717) is 4.64 Å². The van der Waals surface area contributed by atoms with Gasteiger partial charge in [0.1, 0.15) is 10.5 Å². The van der Waals surface area contributed by atoms with E-state index in [-0.39, 0.29) is 0 Å². The summed E-state index contributed by atoms with van der Waals surface area (Å²) in [7, 11) is 0. The molecule has 2 aromatic rings. The number of aromatic amines is 1. The number of thiophene rings is 1. The van der Waals surface area contributed by atoms with Crippen molar-refractivity contribution in [1.29, 1.82) is 0 Å². The fourth-order valence-electron chi connectivity index (χ4n) is 1.25. The summed E-state index contributed by atoms with van der Waals surface area (Å²) < 4.78 is 0.654. The van der Waals surface area contributed by atoms with Gasteiger partial charge in [-0.05, 0) is 17.5 Å². The third-order valence-corrected chi connectivity index (χ3v) is 2.85. The Labute approximate surface area is 91.7 Å². The molecule has 72 valence electrons. The molecule has 0 saturated heterocycles. The summed E-state index contributed by atoms with van der Waals surface area (Å²) in [5, 5.41) is 4.15. The van der Waals surface area contributed by atoms with E-state index in [1.54, 1.807) is 11.3 Å². The average Bonchev–Trinajstić information content (AvgIpc) is 2.69. The minimum Gasteiger partial charge on any atom is -0.343 e. The van der Waals surface area contributed by atoms with E-state index in [4.69, 9.17) is 12.2 Å². The summed E-state index contributed by atoms with van der Waals surface area (Å²) in [6, 6.07) is 3.97. The van der Waals surface area contributed by atoms with Crippen molar-refractivity contribution in [2.75, 3.05) is 0 Å². The third kappa shape index (κ3) is 1.91. The zero-order valence-corrected chi connectivity index (χ0v) is 9.41. The van der Waals surface area contributed by atoms with Crippen molar-refractivity contribution in [3.8, 4) is 11.3 Å². The molecule has 0 fully saturated rings. The van der Waals surface area contributed by atoms with Gasteiger partial charge >= 0.3 is 0 Å². The fourth-order valence-corrected chi connectivity index (χ4v) is 2.13. The van der Waals surface area contributed by atoms with Crippen molar-refractivity contribution >= 4 is 23.6 Å². The van der Waals surface area contributed by atoms with Gasteiger partial charge in [-0.3, -0.25) is 0 Å². The molecule has 4 heteroatoms. The van der Waals surface area contributed by atoms with Gasteiger partial charge in [-0.25, -0.2) is 4.98 Å². The van der Waals surface area contributed by atoms with Crippen LogP contribution >= 0.6 is 23.6 Å². The molecule has 14 heavy (non-hydrogen) atoms. The van der Waals surface area contributed by atoms with Crippen molar-refractivity contribution in [2.45, 2.75) is 13.3 Å². The Balaban J connectivity index is 2.54. The lowest BCUT2D eigenvalue weighted by Gasteiger charge is -2.01. The summed E-state index contributed by atoms with van der Waals surface area (Å²) >= 11 is 6.78. The molecule has 0 atom stereocenters. The molecule has 2 heterocycles. The van der Waals surface area contributed by atoms with Crippen LogP contribution in [0.15, 0.2) is 22.9 Å². The van der Waals surface area contributed by atoms with Crippen LogP contribution in [0.1, 0.15) is 12.7 Å². The highest BCUT2D eigenvalue weighted by molar-refractivity contribution is 7.71. The van der Waals surface area contributed by atoms with Crippen molar-refractivity contribution < 1.29 is 0 Å². The van der Waals surface area contributed by atoms with Crippen molar-refractivity contribution in [1.82, 2.24) is 9.97 Å². The predicted octanol–water partition coefficient (Wildman–Crippen LogP) is 3.43. The van der Waals surface area contributed by atoms with Gasteiger partial charge in [0, 0.05) is 17.4 Å². The van der Waals surface area contributed by atoms with Gasteiger partial charge in [0.2, 0.25) is 0 Å². The Morgan fingerprint density at radius 1 is 1.57 bits per heavy atom. The van der Waals surface area contributed by atoms with Crippen molar-refractivity contribution in [3.63, 3.8) is 0 Å². The van der Waals surface area contributed by atoms with Crippen LogP contribution in [-0.2, 0) is 6.42 Å². The lowest BCUT2D eigenvalue weighted by molar-refractivity contribution is 0.937. The first kappa shape index (κ1) is 9.55. The molecule has 0 unspecified atom stereocenters. The summed E-state index contributed by atoms with van der Waals surface area (Å²) in [5.74, 6) is 0.943. The number of hydrogen-bond acceptors (Lipinski definition) is 3. The van der Waals surface area contributed by atoms with Gasteiger partial charge in [0.15, 0.2) is 0 Å². The molecule has 1 N–H and O–H groups in total. The van der Waals surface area contributed by atoms with Crippen LogP contribution in [0.2, 0.25) is 0 Å². The van der Waals surface area contributed by atoms with Gasteiger partial charge in [0.25, 0.3) is 0 Å². The molecule has 0 saturated carbocycles. The second-order valence-corrected chi connectivity index (χ2v) is 4.14. The van der Waals surface area contributed by atoms with Crippen molar-refractivity contribution in [3.05, 3.63) is 33.4 Å². The Morgan fingerprint density at radius 2 is 2.43 bits per heavy atom. The largest absolute Gasteiger partial charge is 0.343 e. The highest BCUT2D eigenvalue weighted by atomic mass is 32.1. The van der Waals surface area contributed by atoms with Crippen LogP contribution in [0.5, 0.6) is 0 Å². The van der Waals surface area contributed by atoms with Gasteiger partial charge in [-0.1, -0.05) is 19.1 Å². The van der Waals surface area contributed by atoms with E-state index in [2.05, 4.69) is 33.7 Å². The molecule has 0 aliphatic heterocycles. The van der Waals surface area contributed by atoms with Gasteiger partial charge in [0.05, 0.1) is 5.69 Å². The average molecular weight is 222 g/mol. The maximum Gasteiger partial charge on any atom is 0.130 e. The minimum atomic E-state index is 0.654. The van der Waals surface area contributed by atoms with Crippen molar-refractivity contribution in [2.24, 2.45) is 0 Å². The molecule has 0 bridgehead atoms. The lowest BCUT2D eigenvalue weighted by Crippen LogP contribution is -1.94. The first-order chi connectivity index (χ1) is 6.79. The Morgan fingerprint density at radius 3 is 3.07 bits per heavy atom. The third-order valence-electron chi connectivity index (χ3n) is 1.96. The number of hydrogen-bond donors (Lipinski definition) is 1. The summed E-state index contributed by atoms with van der Waals surface area (Å²) in [5.41, 5.74) is 2.24. The molecule has 0 aliphatic rings. The van der Waals surface area contributed by atoms with Crippen LogP contribution in [0, 0.1) is 4.64 Å². The zero-order chi connectivity index (χ0) is 9.97. The molecule has 0 aliphatic carbocycles. The van der Waals surface area contributed by atoms with Gasteiger partial charge < -0.3 is 4.98 Å². The molecule has 0 amide bonds. The Bertz CT molecular complexity index is 471. The summed E-state index contributed by atoms with van der Waals surface area (Å²) in [6.45, 7) is 2.06. The molecule has 2 rings (SSSR count). The first-order valence-corrected chi connectivity index (χ1v) is 5.77. The van der Waals surface area contributed by atoms with Crippen LogP contribution < -0.4 is 0 Å². The minimum absolute atomic E-state index is 0.654. The highest BCUT2D eigenvalue weighted by Gasteiger charge is 2.00. The fraction of sp³-hybridized carbons (Fsp3) is 0.200. The Kier molecular flexibility index (Phi) is 2.74. The number of nitrogens with one attached hydrogen (secondary N) is 1. The summed E-state index contributed by atoms with van der Waals surface area (Å²) in [4.78, 5) is 7.49. The monoisotopic (exact) mass is 222 g/mol. The van der Waals surface area contributed by atoms with Crippen LogP contribution in [0.3, 0.4) is 0 Å². The van der Waals surface area contributed by atoms with Gasteiger partial charge in [-0.2, -0.15) is 11.3 Å². The van der Waals surface area contributed by atoms with Crippen LogP contribution in [-0.4, -0.2) is 9.97 Å². The molecule has 0 spiro atoms. The maximum absolute atomic E-state index is 5.10. The maximum atomic E-state index is 5.10. The number of rotatable bonds is 2. The van der Waals surface area contributed by atoms with Crippen LogP contribution in [0.25, 0.3) is 11.3 Å².